The Morgan fingerprint density at radius 3 is 2.19 bits per heavy atom. The average molecular weight is 589 g/mol. The van der Waals surface area contributed by atoms with Crippen LogP contribution in [0.3, 0.4) is 0 Å². The largest absolute Gasteiger partial charge is 0.494 e. The molecule has 0 saturated carbocycles. The summed E-state index contributed by atoms with van der Waals surface area (Å²) in [5.74, 6) is -0.796. The zero-order valence-electron chi connectivity index (χ0n) is 24.6. The maximum absolute atomic E-state index is 12.4. The first kappa shape index (κ1) is 32.7. The fourth-order valence-electron chi connectivity index (χ4n) is 4.35. The highest BCUT2D eigenvalue weighted by atomic mass is 16.5. The van der Waals surface area contributed by atoms with Gasteiger partial charge in [0.1, 0.15) is 11.5 Å². The minimum absolute atomic E-state index is 0.154. The van der Waals surface area contributed by atoms with Gasteiger partial charge in [-0.3, -0.25) is 0 Å². The summed E-state index contributed by atoms with van der Waals surface area (Å²) in [5.41, 5.74) is 14.4. The molecule has 0 amide bonds. The SMILES string of the molecule is CCCCOc1ccc(OC(=O)/C=C/c2ccc(C(=O)OCCCCCCCc3c(N)cc(N)cc3C(=O)O)cc2)cc1. The Hall–Kier alpha value is -4.79. The van der Waals surface area contributed by atoms with Gasteiger partial charge < -0.3 is 30.8 Å². The van der Waals surface area contributed by atoms with E-state index in [-0.39, 0.29) is 5.56 Å². The molecule has 3 rings (SSSR count). The lowest BCUT2D eigenvalue weighted by atomic mass is 9.98. The number of benzene rings is 3. The maximum atomic E-state index is 12.4. The molecule has 5 N–H and O–H groups in total. The van der Waals surface area contributed by atoms with Crippen LogP contribution >= 0.6 is 0 Å². The molecule has 0 spiro atoms. The molecule has 43 heavy (non-hydrogen) atoms. The summed E-state index contributed by atoms with van der Waals surface area (Å²) in [6.07, 6.45) is 9.79. The zero-order valence-corrected chi connectivity index (χ0v) is 24.6. The molecule has 0 fully saturated rings. The number of carbonyl (C=O) groups is 3. The second-order valence-corrected chi connectivity index (χ2v) is 10.1. The van der Waals surface area contributed by atoms with Crippen LogP contribution in [0.15, 0.2) is 66.7 Å². The first-order valence-corrected chi connectivity index (χ1v) is 14.6. The van der Waals surface area contributed by atoms with Gasteiger partial charge >= 0.3 is 17.9 Å². The number of ether oxygens (including phenoxy) is 3. The molecule has 0 aliphatic rings. The number of aromatic carboxylic acids is 1. The van der Waals surface area contributed by atoms with E-state index >= 15 is 0 Å². The van der Waals surface area contributed by atoms with Crippen molar-refractivity contribution in [3.05, 3.63) is 89.0 Å². The summed E-state index contributed by atoms with van der Waals surface area (Å²) in [5, 5.41) is 9.40. The molecule has 0 aliphatic carbocycles. The average Bonchev–Trinajstić information content (AvgIpc) is 2.99. The van der Waals surface area contributed by atoms with Crippen molar-refractivity contribution in [3.8, 4) is 11.5 Å². The molecule has 9 heteroatoms. The number of nitrogens with two attached hydrogens (primary N) is 2. The molecule has 0 radical (unpaired) electrons. The van der Waals surface area contributed by atoms with E-state index in [1.807, 2.05) is 0 Å². The van der Waals surface area contributed by atoms with Gasteiger partial charge in [-0.2, -0.15) is 0 Å². The maximum Gasteiger partial charge on any atom is 0.338 e. The number of hydrogen-bond acceptors (Lipinski definition) is 8. The molecule has 228 valence electrons. The van der Waals surface area contributed by atoms with Crippen molar-refractivity contribution in [1.29, 1.82) is 0 Å². The molecular weight excluding hydrogens is 548 g/mol. The van der Waals surface area contributed by atoms with E-state index in [2.05, 4.69) is 6.92 Å². The molecule has 3 aromatic carbocycles. The van der Waals surface area contributed by atoms with E-state index in [4.69, 9.17) is 25.7 Å². The van der Waals surface area contributed by atoms with Crippen molar-refractivity contribution < 1.29 is 33.7 Å². The first-order chi connectivity index (χ1) is 20.8. The highest BCUT2D eigenvalue weighted by Gasteiger charge is 2.14. The van der Waals surface area contributed by atoms with E-state index in [1.165, 1.54) is 12.1 Å². The normalized spacial score (nSPS) is 10.9. The van der Waals surface area contributed by atoms with Crippen molar-refractivity contribution in [2.24, 2.45) is 0 Å². The molecule has 0 atom stereocenters. The summed E-state index contributed by atoms with van der Waals surface area (Å²) in [6.45, 7) is 3.06. The van der Waals surface area contributed by atoms with E-state index in [1.54, 1.807) is 60.7 Å². The van der Waals surface area contributed by atoms with Gasteiger partial charge in [-0.1, -0.05) is 44.7 Å². The van der Waals surface area contributed by atoms with Crippen LogP contribution in [0.5, 0.6) is 11.5 Å². The number of anilines is 2. The predicted molar refractivity (Wildman–Crippen MR) is 167 cm³/mol. The molecule has 0 bridgehead atoms. The Balaban J connectivity index is 1.32. The number of rotatable bonds is 17. The standard InChI is InChI=1S/C34H40N2O7/c1-2-3-20-41-27-15-17-28(18-16-27)43-32(37)19-12-24-10-13-25(14-11-24)34(40)42-21-8-6-4-5-7-9-29-30(33(38)39)22-26(35)23-31(29)36/h10-19,22-23H,2-9,20-21,35-36H2,1H3,(H,38,39)/b19-12+. The van der Waals surface area contributed by atoms with Crippen molar-refractivity contribution in [1.82, 2.24) is 0 Å². The highest BCUT2D eigenvalue weighted by Crippen LogP contribution is 2.24. The molecule has 9 nitrogen and oxygen atoms in total. The zero-order chi connectivity index (χ0) is 31.0. The van der Waals surface area contributed by atoms with Gasteiger partial charge in [-0.25, -0.2) is 14.4 Å². The number of nitrogen functional groups attached to an aromatic ring is 2. The lowest BCUT2D eigenvalue weighted by Crippen LogP contribution is -2.08. The van der Waals surface area contributed by atoms with Crippen molar-refractivity contribution >= 4 is 35.4 Å². The number of carbonyl (C=O) groups excluding carboxylic acids is 2. The van der Waals surface area contributed by atoms with Gasteiger partial charge in [0.15, 0.2) is 0 Å². The highest BCUT2D eigenvalue weighted by molar-refractivity contribution is 5.93. The van der Waals surface area contributed by atoms with E-state index in [0.29, 0.717) is 47.9 Å². The van der Waals surface area contributed by atoms with Crippen molar-refractivity contribution in [3.63, 3.8) is 0 Å². The first-order valence-electron chi connectivity index (χ1n) is 14.6. The summed E-state index contributed by atoms with van der Waals surface area (Å²) in [6, 6.07) is 16.7. The molecule has 0 saturated heterocycles. The fraction of sp³-hybridized carbons (Fsp3) is 0.324. The number of unbranched alkanes of at least 4 members (excludes halogenated alkanes) is 5. The Kier molecular flexibility index (Phi) is 13.1. The van der Waals surface area contributed by atoms with Gasteiger partial charge in [0, 0.05) is 17.5 Å². The summed E-state index contributed by atoms with van der Waals surface area (Å²) in [4.78, 5) is 36.0. The number of carboxylic acids is 1. The van der Waals surface area contributed by atoms with E-state index < -0.39 is 17.9 Å². The topological polar surface area (TPSA) is 151 Å². The fourth-order valence-corrected chi connectivity index (χ4v) is 4.35. The van der Waals surface area contributed by atoms with E-state index in [0.717, 1.165) is 56.3 Å². The van der Waals surface area contributed by atoms with Crippen LogP contribution in [0.1, 0.15) is 83.7 Å². The molecular formula is C34H40N2O7. The second-order valence-electron chi connectivity index (χ2n) is 10.1. The van der Waals surface area contributed by atoms with Crippen LogP contribution < -0.4 is 20.9 Å². The Morgan fingerprint density at radius 1 is 0.814 bits per heavy atom. The van der Waals surface area contributed by atoms with Gasteiger partial charge in [0.25, 0.3) is 0 Å². The third-order valence-corrected chi connectivity index (χ3v) is 6.71. The van der Waals surface area contributed by atoms with Crippen molar-refractivity contribution in [2.45, 2.75) is 58.3 Å². The van der Waals surface area contributed by atoms with Crippen LogP contribution in [0.2, 0.25) is 0 Å². The van der Waals surface area contributed by atoms with Crippen LogP contribution in [-0.2, 0) is 16.0 Å². The Morgan fingerprint density at radius 2 is 1.49 bits per heavy atom. The summed E-state index contributed by atoms with van der Waals surface area (Å²) in [7, 11) is 0. The quantitative estimate of drug-likeness (QED) is 0.0514. The lowest BCUT2D eigenvalue weighted by Gasteiger charge is -2.11. The summed E-state index contributed by atoms with van der Waals surface area (Å²) < 4.78 is 16.3. The number of carboxylic acid groups (broad SMARTS) is 1. The van der Waals surface area contributed by atoms with Gasteiger partial charge in [-0.15, -0.1) is 0 Å². The van der Waals surface area contributed by atoms with Gasteiger partial charge in [0.2, 0.25) is 0 Å². The molecule has 3 aromatic rings. The van der Waals surface area contributed by atoms with Crippen LogP contribution in [0.4, 0.5) is 11.4 Å². The number of esters is 2. The number of hydrogen-bond donors (Lipinski definition) is 3. The minimum atomic E-state index is -1.03. The smallest absolute Gasteiger partial charge is 0.338 e. The summed E-state index contributed by atoms with van der Waals surface area (Å²) >= 11 is 0. The minimum Gasteiger partial charge on any atom is -0.494 e. The lowest BCUT2D eigenvalue weighted by molar-refractivity contribution is -0.128. The Labute approximate surface area is 252 Å². The van der Waals surface area contributed by atoms with Crippen LogP contribution in [-0.4, -0.2) is 36.2 Å². The molecule has 0 aromatic heterocycles. The second kappa shape index (κ2) is 17.2. The predicted octanol–water partition coefficient (Wildman–Crippen LogP) is 6.70. The molecule has 0 aliphatic heterocycles. The van der Waals surface area contributed by atoms with Crippen LogP contribution in [0, 0.1) is 0 Å². The monoisotopic (exact) mass is 588 g/mol. The van der Waals surface area contributed by atoms with Gasteiger partial charge in [0.05, 0.1) is 24.3 Å². The Bertz CT molecular complexity index is 1380. The molecule has 0 heterocycles. The third kappa shape index (κ3) is 11.2. The van der Waals surface area contributed by atoms with Crippen LogP contribution in [0.25, 0.3) is 6.08 Å². The van der Waals surface area contributed by atoms with E-state index in [9.17, 15) is 19.5 Å². The molecule has 0 unspecified atom stereocenters. The third-order valence-electron chi connectivity index (χ3n) is 6.71. The van der Waals surface area contributed by atoms with Gasteiger partial charge in [-0.05, 0) is 91.4 Å². The van der Waals surface area contributed by atoms with Crippen molar-refractivity contribution in [2.75, 3.05) is 24.7 Å².